The van der Waals surface area contributed by atoms with E-state index in [1.165, 1.54) is 103 Å². The fourth-order valence-corrected chi connectivity index (χ4v) is 9.48. The minimum atomic E-state index is 0.985. The number of para-hydroxylation sites is 2. The van der Waals surface area contributed by atoms with Gasteiger partial charge >= 0.3 is 0 Å². The molecule has 0 aliphatic carbocycles. The number of aromatic nitrogens is 2. The molecule has 0 amide bonds. The Morgan fingerprint density at radius 1 is 0.365 bits per heavy atom. The summed E-state index contributed by atoms with van der Waals surface area (Å²) in [4.78, 5) is 5.23. The van der Waals surface area contributed by atoms with Crippen LogP contribution >= 0.6 is 0 Å². The summed E-state index contributed by atoms with van der Waals surface area (Å²) in [6.45, 7) is 0. The zero-order valence-corrected chi connectivity index (χ0v) is 28.5. The largest absolute Gasteiger partial charge is 0.327 e. The highest BCUT2D eigenvalue weighted by molar-refractivity contribution is 6.37. The maximum absolute atomic E-state index is 5.23. The summed E-state index contributed by atoms with van der Waals surface area (Å²) < 4.78 is 2.25. The smallest absolute Gasteiger partial charge is 0.142 e. The second-order valence-electron chi connectivity index (χ2n) is 14.3. The van der Waals surface area contributed by atoms with Crippen molar-refractivity contribution >= 4 is 97.2 Å². The van der Waals surface area contributed by atoms with Crippen LogP contribution in [-0.2, 0) is 7.05 Å². The Labute approximate surface area is 299 Å². The Kier molecular flexibility index (Phi) is 5.46. The van der Waals surface area contributed by atoms with Gasteiger partial charge < -0.3 is 4.57 Å². The van der Waals surface area contributed by atoms with Crippen LogP contribution in [0.25, 0.3) is 120 Å². The van der Waals surface area contributed by atoms with E-state index in [1.54, 1.807) is 0 Å². The minimum absolute atomic E-state index is 0.985. The lowest BCUT2D eigenvalue weighted by Gasteiger charge is -2.19. The van der Waals surface area contributed by atoms with Gasteiger partial charge in [-0.3, -0.25) is 0 Å². The third-order valence-electron chi connectivity index (χ3n) is 11.7. The number of aryl methyl sites for hydroxylation is 1. The first-order valence-corrected chi connectivity index (χ1v) is 18.0. The second-order valence-corrected chi connectivity index (χ2v) is 14.3. The van der Waals surface area contributed by atoms with E-state index in [9.17, 15) is 0 Å². The number of fused-ring (bicyclic) bond motifs is 5. The molecular formula is C50H30N2. The van der Waals surface area contributed by atoms with Gasteiger partial charge in [-0.05, 0) is 122 Å². The molecule has 12 rings (SSSR count). The van der Waals surface area contributed by atoms with E-state index in [2.05, 4.69) is 175 Å². The molecule has 0 saturated carbocycles. The molecule has 0 bridgehead atoms. The highest BCUT2D eigenvalue weighted by atomic mass is 15.1. The summed E-state index contributed by atoms with van der Waals surface area (Å²) in [7, 11) is 2.14. The molecule has 11 aromatic carbocycles. The Morgan fingerprint density at radius 2 is 0.808 bits per heavy atom. The molecule has 2 heteroatoms. The van der Waals surface area contributed by atoms with Gasteiger partial charge in [-0.1, -0.05) is 140 Å². The van der Waals surface area contributed by atoms with Gasteiger partial charge in [0.25, 0.3) is 0 Å². The summed E-state index contributed by atoms with van der Waals surface area (Å²) in [6, 6.07) is 60.9. The first-order chi connectivity index (χ1) is 25.7. The number of hydrogen-bond acceptors (Lipinski definition) is 1. The van der Waals surface area contributed by atoms with E-state index in [0.717, 1.165) is 16.9 Å². The van der Waals surface area contributed by atoms with E-state index in [0.29, 0.717) is 0 Å². The molecule has 0 radical (unpaired) electrons. The van der Waals surface area contributed by atoms with Crippen molar-refractivity contribution in [3.63, 3.8) is 0 Å². The van der Waals surface area contributed by atoms with Crippen molar-refractivity contribution < 1.29 is 0 Å². The van der Waals surface area contributed by atoms with E-state index in [4.69, 9.17) is 4.98 Å². The average molecular weight is 659 g/mol. The summed E-state index contributed by atoms with van der Waals surface area (Å²) in [5.41, 5.74) is 5.80. The lowest BCUT2D eigenvalue weighted by atomic mass is 9.84. The Hall–Kier alpha value is -6.77. The van der Waals surface area contributed by atoms with Gasteiger partial charge in [0, 0.05) is 12.6 Å². The fraction of sp³-hybridized carbons (Fsp3) is 0.0200. The predicted octanol–water partition coefficient (Wildman–Crippen LogP) is 13.6. The summed E-state index contributed by atoms with van der Waals surface area (Å²) >= 11 is 0. The topological polar surface area (TPSA) is 17.8 Å². The zero-order valence-electron chi connectivity index (χ0n) is 28.5. The molecule has 1 aromatic heterocycles. The highest BCUT2D eigenvalue weighted by Crippen LogP contribution is 2.48. The molecule has 0 aliphatic heterocycles. The minimum Gasteiger partial charge on any atom is -0.327 e. The van der Waals surface area contributed by atoms with Crippen molar-refractivity contribution in [1.82, 2.24) is 9.55 Å². The average Bonchev–Trinajstić information content (AvgIpc) is 3.53. The maximum atomic E-state index is 5.23. The van der Waals surface area contributed by atoms with E-state index >= 15 is 0 Å². The molecule has 0 atom stereocenters. The molecule has 0 spiro atoms. The molecule has 0 unspecified atom stereocenters. The Balaban J connectivity index is 1.30. The van der Waals surface area contributed by atoms with Gasteiger partial charge in [0.05, 0.1) is 11.0 Å². The lowest BCUT2D eigenvalue weighted by Crippen LogP contribution is -1.97. The number of rotatable bonds is 2. The molecular weight excluding hydrogens is 629 g/mol. The summed E-state index contributed by atoms with van der Waals surface area (Å²) in [5, 5.41) is 20.4. The predicted molar refractivity (Wildman–Crippen MR) is 223 cm³/mol. The third kappa shape index (κ3) is 3.61. The van der Waals surface area contributed by atoms with Crippen molar-refractivity contribution in [2.45, 2.75) is 0 Å². The summed E-state index contributed by atoms with van der Waals surface area (Å²) in [5.74, 6) is 0.985. The van der Waals surface area contributed by atoms with Gasteiger partial charge in [0.15, 0.2) is 0 Å². The summed E-state index contributed by atoms with van der Waals surface area (Å²) in [6.07, 6.45) is 0. The van der Waals surface area contributed by atoms with Crippen LogP contribution in [0.3, 0.4) is 0 Å². The first kappa shape index (κ1) is 28.0. The Morgan fingerprint density at radius 3 is 1.37 bits per heavy atom. The van der Waals surface area contributed by atoms with Crippen LogP contribution in [0.2, 0.25) is 0 Å². The van der Waals surface area contributed by atoms with Gasteiger partial charge in [0.1, 0.15) is 5.82 Å². The van der Waals surface area contributed by atoms with Gasteiger partial charge in [-0.25, -0.2) is 4.98 Å². The molecule has 52 heavy (non-hydrogen) atoms. The van der Waals surface area contributed by atoms with Crippen molar-refractivity contribution in [2.75, 3.05) is 0 Å². The zero-order chi connectivity index (χ0) is 34.1. The SMILES string of the molecule is Cn1c(-c2c3ccccc3c(-c3cc4ccc5cccc6c7cccc8ccc9cccc(c(c3)c4c56)c9c87)c3ccccc23)nc2ccccc21. The van der Waals surface area contributed by atoms with Crippen LogP contribution in [-0.4, -0.2) is 9.55 Å². The molecule has 2 nitrogen and oxygen atoms in total. The van der Waals surface area contributed by atoms with Gasteiger partial charge in [-0.2, -0.15) is 0 Å². The third-order valence-corrected chi connectivity index (χ3v) is 11.7. The first-order valence-electron chi connectivity index (χ1n) is 18.0. The Bertz CT molecular complexity index is 3410. The molecule has 0 saturated heterocycles. The molecule has 0 N–H and O–H groups in total. The van der Waals surface area contributed by atoms with Crippen LogP contribution in [0.4, 0.5) is 0 Å². The normalized spacial score (nSPS) is 12.3. The number of benzene rings is 10. The lowest BCUT2D eigenvalue weighted by molar-refractivity contribution is 0.962. The van der Waals surface area contributed by atoms with Crippen LogP contribution < -0.4 is 0 Å². The molecule has 0 aliphatic rings. The van der Waals surface area contributed by atoms with E-state index < -0.39 is 0 Å². The second kappa shape index (κ2) is 10.2. The van der Waals surface area contributed by atoms with E-state index in [1.807, 2.05) is 0 Å². The quantitative estimate of drug-likeness (QED) is 0.133. The standard InChI is InChI=1S/C50H30N2/c1-52-43-22-7-6-21-42(43)51-50(52)49-38-16-4-2-14-34(38)44(35-15-3-5-17-39(35)49)33-27-32-26-25-31-12-9-19-37-36-18-8-11-29-23-24-30-13-10-20-40(47(30)45(29)36)41(28-33)48(32)46(31)37/h2-28H,1H3. The van der Waals surface area contributed by atoms with Crippen LogP contribution in [0.15, 0.2) is 164 Å². The van der Waals surface area contributed by atoms with Crippen LogP contribution in [0, 0.1) is 0 Å². The molecule has 240 valence electrons. The number of imidazole rings is 1. The molecule has 1 heterocycles. The molecule has 12 aromatic rings. The van der Waals surface area contributed by atoms with Crippen molar-refractivity contribution in [2.24, 2.45) is 7.05 Å². The van der Waals surface area contributed by atoms with Crippen LogP contribution in [0.1, 0.15) is 0 Å². The van der Waals surface area contributed by atoms with E-state index in [-0.39, 0.29) is 0 Å². The van der Waals surface area contributed by atoms with Crippen molar-refractivity contribution in [1.29, 1.82) is 0 Å². The molecule has 0 fully saturated rings. The van der Waals surface area contributed by atoms with Crippen molar-refractivity contribution in [3.8, 4) is 22.5 Å². The number of nitrogens with zero attached hydrogens (tertiary/aromatic N) is 2. The van der Waals surface area contributed by atoms with Crippen molar-refractivity contribution in [3.05, 3.63) is 164 Å². The fourth-order valence-electron chi connectivity index (χ4n) is 9.48. The maximum Gasteiger partial charge on any atom is 0.142 e. The van der Waals surface area contributed by atoms with Gasteiger partial charge in [-0.15, -0.1) is 0 Å². The van der Waals surface area contributed by atoms with Gasteiger partial charge in [0.2, 0.25) is 0 Å². The number of hydrogen-bond donors (Lipinski definition) is 0. The van der Waals surface area contributed by atoms with Crippen LogP contribution in [0.5, 0.6) is 0 Å². The highest BCUT2D eigenvalue weighted by Gasteiger charge is 2.22. The monoisotopic (exact) mass is 658 g/mol.